The Hall–Kier alpha value is -3.84. The average molecular weight is 417 g/mol. The number of rotatable bonds is 7. The highest BCUT2D eigenvalue weighted by Gasteiger charge is 2.22. The highest BCUT2D eigenvalue weighted by Crippen LogP contribution is 2.38. The molecule has 0 atom stereocenters. The maximum atomic E-state index is 12.3. The molecule has 2 N–H and O–H groups in total. The van der Waals surface area contributed by atoms with Crippen LogP contribution in [0.4, 0.5) is 0 Å². The SMILES string of the molecule is CCON(Oc1cccc2c1c1c(C(N)=O)cccc1n2Cc1ccccc1)C(C)=O. The molecule has 31 heavy (non-hydrogen) atoms. The third-order valence-electron chi connectivity index (χ3n) is 5.01. The molecule has 1 heterocycles. The number of hydrogen-bond donors (Lipinski definition) is 1. The standard InChI is InChI=1S/C24H23N3O4/c1-3-30-27(16(2)28)31-21-14-8-13-20-23(21)22-18(24(25)29)11-7-12-19(22)26(20)15-17-9-5-4-6-10-17/h4-14H,3,15H2,1-2H3,(H2,25,29). The number of hydroxylamine groups is 2. The Kier molecular flexibility index (Phi) is 5.60. The zero-order valence-electron chi connectivity index (χ0n) is 17.4. The van der Waals surface area contributed by atoms with Crippen LogP contribution >= 0.6 is 0 Å². The molecule has 0 aliphatic rings. The largest absolute Gasteiger partial charge is 0.366 e. The van der Waals surface area contributed by atoms with E-state index in [0.717, 1.165) is 21.8 Å². The van der Waals surface area contributed by atoms with E-state index >= 15 is 0 Å². The van der Waals surface area contributed by atoms with Gasteiger partial charge in [0.05, 0.1) is 23.0 Å². The molecule has 0 aliphatic carbocycles. The van der Waals surface area contributed by atoms with E-state index in [9.17, 15) is 9.59 Å². The van der Waals surface area contributed by atoms with Crippen molar-refractivity contribution in [1.82, 2.24) is 9.79 Å². The second-order valence-electron chi connectivity index (χ2n) is 7.07. The first-order valence-electron chi connectivity index (χ1n) is 10.0. The molecular weight excluding hydrogens is 394 g/mol. The predicted molar refractivity (Wildman–Crippen MR) is 118 cm³/mol. The monoisotopic (exact) mass is 417 g/mol. The Balaban J connectivity index is 1.99. The third kappa shape index (κ3) is 3.83. The molecule has 0 saturated carbocycles. The van der Waals surface area contributed by atoms with Crippen molar-refractivity contribution in [2.24, 2.45) is 5.73 Å². The van der Waals surface area contributed by atoms with Gasteiger partial charge in [-0.1, -0.05) is 42.5 Å². The summed E-state index contributed by atoms with van der Waals surface area (Å²) in [5.74, 6) is -0.541. The van der Waals surface area contributed by atoms with Gasteiger partial charge in [0.1, 0.15) is 0 Å². The van der Waals surface area contributed by atoms with Crippen molar-refractivity contribution in [3.05, 3.63) is 77.9 Å². The van der Waals surface area contributed by atoms with Gasteiger partial charge in [-0.3, -0.25) is 9.59 Å². The fourth-order valence-electron chi connectivity index (χ4n) is 3.76. The fourth-order valence-corrected chi connectivity index (χ4v) is 3.76. The van der Waals surface area contributed by atoms with Crippen LogP contribution in [0.15, 0.2) is 66.7 Å². The minimum absolute atomic E-state index is 0.262. The van der Waals surface area contributed by atoms with Gasteiger partial charge in [0.15, 0.2) is 5.75 Å². The van der Waals surface area contributed by atoms with Gasteiger partial charge in [0, 0.05) is 24.4 Å². The number of nitrogens with two attached hydrogens (primary N) is 1. The van der Waals surface area contributed by atoms with E-state index in [-0.39, 0.29) is 6.61 Å². The maximum absolute atomic E-state index is 12.3. The molecular formula is C24H23N3O4. The lowest BCUT2D eigenvalue weighted by atomic mass is 10.1. The van der Waals surface area contributed by atoms with Crippen LogP contribution in [0, 0.1) is 0 Å². The molecule has 7 nitrogen and oxygen atoms in total. The normalized spacial score (nSPS) is 11.0. The summed E-state index contributed by atoms with van der Waals surface area (Å²) < 4.78 is 2.11. The van der Waals surface area contributed by atoms with Crippen LogP contribution in [0.5, 0.6) is 5.75 Å². The summed E-state index contributed by atoms with van der Waals surface area (Å²) in [6, 6.07) is 21.0. The Bertz CT molecular complexity index is 1260. The number of nitrogens with zero attached hydrogens (tertiary/aromatic N) is 2. The number of hydrogen-bond acceptors (Lipinski definition) is 4. The van der Waals surface area contributed by atoms with E-state index in [1.165, 1.54) is 6.92 Å². The summed E-state index contributed by atoms with van der Waals surface area (Å²) in [5.41, 5.74) is 8.89. The van der Waals surface area contributed by atoms with Crippen LogP contribution < -0.4 is 10.6 Å². The van der Waals surface area contributed by atoms with Crippen molar-refractivity contribution in [3.8, 4) is 5.75 Å². The molecule has 4 aromatic rings. The van der Waals surface area contributed by atoms with E-state index < -0.39 is 11.8 Å². The van der Waals surface area contributed by atoms with Crippen molar-refractivity contribution in [1.29, 1.82) is 0 Å². The first kappa shape index (κ1) is 20.4. The second-order valence-corrected chi connectivity index (χ2v) is 7.07. The molecule has 0 aliphatic heterocycles. The van der Waals surface area contributed by atoms with Crippen LogP contribution in [0.2, 0.25) is 0 Å². The molecule has 0 radical (unpaired) electrons. The number of carbonyl (C=O) groups is 2. The number of aromatic nitrogens is 1. The summed E-state index contributed by atoms with van der Waals surface area (Å²) >= 11 is 0. The van der Waals surface area contributed by atoms with E-state index in [0.29, 0.717) is 28.6 Å². The fraction of sp³-hybridized carbons (Fsp3) is 0.167. The maximum Gasteiger partial charge on any atom is 0.281 e. The van der Waals surface area contributed by atoms with Crippen molar-refractivity contribution >= 4 is 33.6 Å². The van der Waals surface area contributed by atoms with Gasteiger partial charge in [0.25, 0.3) is 5.91 Å². The minimum Gasteiger partial charge on any atom is -0.366 e. The number of benzene rings is 3. The molecule has 0 saturated heterocycles. The van der Waals surface area contributed by atoms with Crippen LogP contribution in [0.3, 0.4) is 0 Å². The quantitative estimate of drug-likeness (QED) is 0.460. The predicted octanol–water partition coefficient (Wildman–Crippen LogP) is 4.04. The summed E-state index contributed by atoms with van der Waals surface area (Å²) in [6.45, 7) is 3.96. The summed E-state index contributed by atoms with van der Waals surface area (Å²) in [5, 5.41) is 2.22. The van der Waals surface area contributed by atoms with E-state index in [1.807, 2.05) is 54.6 Å². The van der Waals surface area contributed by atoms with Crippen molar-refractivity contribution < 1.29 is 19.3 Å². The van der Waals surface area contributed by atoms with Gasteiger partial charge in [-0.25, -0.2) is 4.84 Å². The summed E-state index contributed by atoms with van der Waals surface area (Å²) in [7, 11) is 0. The third-order valence-corrected chi connectivity index (χ3v) is 5.01. The van der Waals surface area contributed by atoms with Gasteiger partial charge in [-0.2, -0.15) is 0 Å². The highest BCUT2D eigenvalue weighted by atomic mass is 17.0. The smallest absolute Gasteiger partial charge is 0.281 e. The molecule has 1 aromatic heterocycles. The zero-order valence-corrected chi connectivity index (χ0v) is 17.4. The molecule has 0 bridgehead atoms. The van der Waals surface area contributed by atoms with E-state index in [1.54, 1.807) is 19.1 Å². The second kappa shape index (κ2) is 8.49. The molecule has 0 spiro atoms. The number of carbonyl (C=O) groups excluding carboxylic acids is 2. The van der Waals surface area contributed by atoms with Gasteiger partial charge >= 0.3 is 0 Å². The molecule has 3 aromatic carbocycles. The zero-order chi connectivity index (χ0) is 22.0. The van der Waals surface area contributed by atoms with Gasteiger partial charge < -0.3 is 15.1 Å². The lowest BCUT2D eigenvalue weighted by Crippen LogP contribution is -2.32. The van der Waals surface area contributed by atoms with Crippen molar-refractivity contribution in [2.75, 3.05) is 6.61 Å². The van der Waals surface area contributed by atoms with E-state index in [4.69, 9.17) is 15.4 Å². The van der Waals surface area contributed by atoms with Crippen molar-refractivity contribution in [2.45, 2.75) is 20.4 Å². The van der Waals surface area contributed by atoms with Gasteiger partial charge in [-0.05, 0) is 42.0 Å². The first-order valence-corrected chi connectivity index (χ1v) is 10.0. The summed E-state index contributed by atoms with van der Waals surface area (Å²) in [6.07, 6.45) is 0. The van der Waals surface area contributed by atoms with Crippen LogP contribution in [0.25, 0.3) is 21.8 Å². The van der Waals surface area contributed by atoms with Crippen LogP contribution in [-0.4, -0.2) is 28.2 Å². The number of amides is 2. The Morgan fingerprint density at radius 2 is 1.61 bits per heavy atom. The van der Waals surface area contributed by atoms with E-state index in [2.05, 4.69) is 4.57 Å². The summed E-state index contributed by atoms with van der Waals surface area (Å²) in [4.78, 5) is 35.4. The first-order chi connectivity index (χ1) is 15.0. The lowest BCUT2D eigenvalue weighted by molar-refractivity contribution is -0.291. The molecule has 4 rings (SSSR count). The van der Waals surface area contributed by atoms with Crippen LogP contribution in [0.1, 0.15) is 29.8 Å². The number of primary amides is 1. The Morgan fingerprint density at radius 1 is 0.935 bits per heavy atom. The molecule has 0 unspecified atom stereocenters. The van der Waals surface area contributed by atoms with Crippen molar-refractivity contribution in [3.63, 3.8) is 0 Å². The molecule has 2 amide bonds. The topological polar surface area (TPSA) is 86.8 Å². The Morgan fingerprint density at radius 3 is 2.26 bits per heavy atom. The number of fused-ring (bicyclic) bond motifs is 3. The van der Waals surface area contributed by atoms with Crippen LogP contribution in [-0.2, 0) is 16.2 Å². The lowest BCUT2D eigenvalue weighted by Gasteiger charge is -2.19. The Labute approximate surface area is 179 Å². The molecule has 158 valence electrons. The van der Waals surface area contributed by atoms with Gasteiger partial charge in [-0.15, -0.1) is 0 Å². The molecule has 0 fully saturated rings. The highest BCUT2D eigenvalue weighted by molar-refractivity contribution is 6.19. The molecule has 7 heteroatoms. The van der Waals surface area contributed by atoms with Gasteiger partial charge in [0.2, 0.25) is 5.91 Å². The minimum atomic E-state index is -0.535. The average Bonchev–Trinajstić information content (AvgIpc) is 3.08.